The third-order valence-corrected chi connectivity index (χ3v) is 6.04. The number of fused-ring (bicyclic) bond motifs is 3. The maximum atomic E-state index is 12.5. The summed E-state index contributed by atoms with van der Waals surface area (Å²) in [4.78, 5) is 29.6. The van der Waals surface area contributed by atoms with Crippen LogP contribution in [0, 0.1) is 0 Å². The molecule has 1 aromatic rings. The molecule has 27 heavy (non-hydrogen) atoms. The summed E-state index contributed by atoms with van der Waals surface area (Å²) in [6, 6.07) is 5.62. The summed E-state index contributed by atoms with van der Waals surface area (Å²) in [5.74, 6) is -0.0106. The van der Waals surface area contributed by atoms with Gasteiger partial charge in [0.15, 0.2) is 0 Å². The Labute approximate surface area is 161 Å². The summed E-state index contributed by atoms with van der Waals surface area (Å²) in [5, 5.41) is 6.03. The quantitative estimate of drug-likeness (QED) is 0.855. The number of rotatable bonds is 4. The zero-order chi connectivity index (χ0) is 18.6. The minimum absolute atomic E-state index is 0.0560. The second kappa shape index (κ2) is 8.30. The van der Waals surface area contributed by atoms with E-state index in [1.165, 1.54) is 25.7 Å². The van der Waals surface area contributed by atoms with Gasteiger partial charge >= 0.3 is 0 Å². The zero-order valence-electron chi connectivity index (χ0n) is 16.0. The van der Waals surface area contributed by atoms with Crippen LogP contribution in [0.5, 0.6) is 0 Å². The van der Waals surface area contributed by atoms with Gasteiger partial charge in [-0.3, -0.25) is 9.59 Å². The van der Waals surface area contributed by atoms with Crippen molar-refractivity contribution in [1.82, 2.24) is 10.2 Å². The molecule has 3 heterocycles. The molecule has 0 aromatic heterocycles. The molecule has 3 aliphatic rings. The van der Waals surface area contributed by atoms with E-state index in [9.17, 15) is 9.59 Å². The number of anilines is 2. The fourth-order valence-electron chi connectivity index (χ4n) is 4.53. The van der Waals surface area contributed by atoms with Crippen LogP contribution in [0.4, 0.5) is 11.4 Å². The molecule has 2 amide bonds. The number of benzene rings is 1. The predicted molar refractivity (Wildman–Crippen MR) is 107 cm³/mol. The molecule has 0 saturated carbocycles. The molecule has 0 aliphatic carbocycles. The first kappa shape index (κ1) is 18.3. The zero-order valence-corrected chi connectivity index (χ0v) is 16.0. The Morgan fingerprint density at radius 2 is 1.85 bits per heavy atom. The summed E-state index contributed by atoms with van der Waals surface area (Å²) < 4.78 is 0. The van der Waals surface area contributed by atoms with E-state index in [0.29, 0.717) is 12.1 Å². The highest BCUT2D eigenvalue weighted by Gasteiger charge is 2.34. The van der Waals surface area contributed by atoms with Crippen LogP contribution in [0.3, 0.4) is 0 Å². The van der Waals surface area contributed by atoms with Crippen molar-refractivity contribution in [1.29, 1.82) is 0 Å². The molecular formula is C21H30N4O2. The smallest absolute Gasteiger partial charge is 0.251 e. The number of likely N-dealkylation sites (tertiary alicyclic amines) is 1. The molecule has 0 bridgehead atoms. The molecule has 3 aliphatic heterocycles. The van der Waals surface area contributed by atoms with E-state index in [1.54, 1.807) is 0 Å². The van der Waals surface area contributed by atoms with E-state index in [-0.39, 0.29) is 17.9 Å². The maximum absolute atomic E-state index is 12.5. The third kappa shape index (κ3) is 4.10. The lowest BCUT2D eigenvalue weighted by molar-refractivity contribution is -0.118. The molecule has 6 heteroatoms. The molecule has 0 radical (unpaired) electrons. The summed E-state index contributed by atoms with van der Waals surface area (Å²) in [5.41, 5.74) is 2.42. The van der Waals surface area contributed by atoms with Crippen molar-refractivity contribution < 1.29 is 9.59 Å². The molecule has 1 atom stereocenters. The Hall–Kier alpha value is -2.08. The number of carbonyl (C=O) groups is 2. The number of carbonyl (C=O) groups excluding carboxylic acids is 2. The first-order chi connectivity index (χ1) is 13.2. The fraction of sp³-hybridized carbons (Fsp3) is 0.619. The van der Waals surface area contributed by atoms with Gasteiger partial charge in [0.25, 0.3) is 5.91 Å². The SMILES string of the molecule is O=C(NCCN1CCCCCC1)c1ccc2c(c1)NC(=O)[C@@H]1CCCCN21. The van der Waals surface area contributed by atoms with Gasteiger partial charge in [-0.2, -0.15) is 0 Å². The highest BCUT2D eigenvalue weighted by molar-refractivity contribution is 6.05. The van der Waals surface area contributed by atoms with Gasteiger partial charge in [-0.15, -0.1) is 0 Å². The highest BCUT2D eigenvalue weighted by atomic mass is 16.2. The van der Waals surface area contributed by atoms with E-state index in [2.05, 4.69) is 20.4 Å². The molecular weight excluding hydrogens is 340 g/mol. The molecule has 0 spiro atoms. The van der Waals surface area contributed by atoms with Gasteiger partial charge in [0.05, 0.1) is 11.4 Å². The molecule has 146 valence electrons. The third-order valence-electron chi connectivity index (χ3n) is 6.04. The van der Waals surface area contributed by atoms with Crippen LogP contribution in [0.15, 0.2) is 18.2 Å². The Morgan fingerprint density at radius 1 is 1.07 bits per heavy atom. The average molecular weight is 370 g/mol. The van der Waals surface area contributed by atoms with E-state index in [0.717, 1.165) is 56.8 Å². The van der Waals surface area contributed by atoms with Crippen molar-refractivity contribution in [2.24, 2.45) is 0 Å². The summed E-state index contributed by atoms with van der Waals surface area (Å²) >= 11 is 0. The predicted octanol–water partition coefficient (Wildman–Crippen LogP) is 2.60. The van der Waals surface area contributed by atoms with Crippen molar-refractivity contribution in [3.8, 4) is 0 Å². The standard InChI is InChI=1S/C21H30N4O2/c26-20(22-10-14-24-11-4-1-2-5-12-24)16-8-9-18-17(15-16)23-21(27)19-7-3-6-13-25(18)19/h8-9,15,19H,1-7,10-14H2,(H,22,26)(H,23,27)/t19-/m0/s1. The van der Waals surface area contributed by atoms with E-state index in [4.69, 9.17) is 0 Å². The average Bonchev–Trinajstić information content (AvgIpc) is 2.96. The van der Waals surface area contributed by atoms with Gasteiger partial charge in [0, 0.05) is 25.2 Å². The second-order valence-corrected chi connectivity index (χ2v) is 7.94. The molecule has 4 rings (SSSR count). The monoisotopic (exact) mass is 370 g/mol. The van der Waals surface area contributed by atoms with Crippen LogP contribution >= 0.6 is 0 Å². The summed E-state index contributed by atoms with van der Waals surface area (Å²) in [6.45, 7) is 4.75. The Kier molecular flexibility index (Phi) is 5.62. The van der Waals surface area contributed by atoms with Gasteiger partial charge in [-0.05, 0) is 63.4 Å². The molecule has 6 nitrogen and oxygen atoms in total. The van der Waals surface area contributed by atoms with Gasteiger partial charge in [-0.1, -0.05) is 12.8 Å². The Bertz CT molecular complexity index is 697. The van der Waals surface area contributed by atoms with Crippen molar-refractivity contribution >= 4 is 23.2 Å². The van der Waals surface area contributed by atoms with Crippen molar-refractivity contribution in [2.75, 3.05) is 42.9 Å². The maximum Gasteiger partial charge on any atom is 0.251 e. The van der Waals surface area contributed by atoms with Gasteiger partial charge < -0.3 is 20.4 Å². The van der Waals surface area contributed by atoms with Gasteiger partial charge in [-0.25, -0.2) is 0 Å². The van der Waals surface area contributed by atoms with E-state index in [1.807, 2.05) is 18.2 Å². The van der Waals surface area contributed by atoms with Crippen LogP contribution in [-0.4, -0.2) is 55.5 Å². The highest BCUT2D eigenvalue weighted by Crippen LogP contribution is 2.36. The Balaban J connectivity index is 1.37. The number of nitrogens with one attached hydrogen (secondary N) is 2. The van der Waals surface area contributed by atoms with Crippen LogP contribution < -0.4 is 15.5 Å². The Morgan fingerprint density at radius 3 is 2.67 bits per heavy atom. The number of piperidine rings is 1. The van der Waals surface area contributed by atoms with Crippen molar-refractivity contribution in [3.05, 3.63) is 23.8 Å². The van der Waals surface area contributed by atoms with E-state index >= 15 is 0 Å². The van der Waals surface area contributed by atoms with Crippen molar-refractivity contribution in [3.63, 3.8) is 0 Å². The lowest BCUT2D eigenvalue weighted by atomic mass is 9.97. The molecule has 2 N–H and O–H groups in total. The number of nitrogens with zero attached hydrogens (tertiary/aromatic N) is 2. The summed E-state index contributed by atoms with van der Waals surface area (Å²) in [6.07, 6.45) is 8.28. The molecule has 2 saturated heterocycles. The molecule has 0 unspecified atom stereocenters. The minimum Gasteiger partial charge on any atom is -0.358 e. The normalized spacial score (nSPS) is 23.0. The van der Waals surface area contributed by atoms with Crippen LogP contribution in [0.1, 0.15) is 55.3 Å². The largest absolute Gasteiger partial charge is 0.358 e. The minimum atomic E-state index is -0.0670. The molecule has 1 aromatic carbocycles. The van der Waals surface area contributed by atoms with Crippen LogP contribution in [0.2, 0.25) is 0 Å². The lowest BCUT2D eigenvalue weighted by Gasteiger charge is -2.41. The lowest BCUT2D eigenvalue weighted by Crippen LogP contribution is -2.50. The number of hydrogen-bond acceptors (Lipinski definition) is 4. The first-order valence-electron chi connectivity index (χ1n) is 10.4. The fourth-order valence-corrected chi connectivity index (χ4v) is 4.53. The van der Waals surface area contributed by atoms with Crippen LogP contribution in [0.25, 0.3) is 0 Å². The number of amides is 2. The van der Waals surface area contributed by atoms with E-state index < -0.39 is 0 Å². The molecule has 2 fully saturated rings. The van der Waals surface area contributed by atoms with Crippen molar-refractivity contribution in [2.45, 2.75) is 51.0 Å². The topological polar surface area (TPSA) is 64.7 Å². The van der Waals surface area contributed by atoms with Crippen LogP contribution in [-0.2, 0) is 4.79 Å². The first-order valence-corrected chi connectivity index (χ1v) is 10.4. The summed E-state index contributed by atoms with van der Waals surface area (Å²) in [7, 11) is 0. The number of hydrogen-bond donors (Lipinski definition) is 2. The second-order valence-electron chi connectivity index (χ2n) is 7.94. The van der Waals surface area contributed by atoms with Gasteiger partial charge in [0.2, 0.25) is 5.91 Å². The van der Waals surface area contributed by atoms with Gasteiger partial charge in [0.1, 0.15) is 6.04 Å².